The SMILES string of the molecule is COc1ccc(OC)c(/C=N/c2sc3c(c2C(=O)Nc2ccccc2)CCCC3)c1. The molecule has 154 valence electrons. The average molecular weight is 421 g/mol. The Morgan fingerprint density at radius 2 is 1.87 bits per heavy atom. The molecule has 0 aliphatic heterocycles. The van der Waals surface area contributed by atoms with Crippen molar-refractivity contribution in [3.05, 3.63) is 70.1 Å². The van der Waals surface area contributed by atoms with E-state index in [0.29, 0.717) is 11.3 Å². The van der Waals surface area contributed by atoms with Gasteiger partial charge < -0.3 is 14.8 Å². The molecule has 0 bridgehead atoms. The van der Waals surface area contributed by atoms with E-state index in [9.17, 15) is 4.79 Å². The zero-order valence-electron chi connectivity index (χ0n) is 17.1. The van der Waals surface area contributed by atoms with Gasteiger partial charge in [-0.25, -0.2) is 4.99 Å². The Morgan fingerprint density at radius 3 is 2.63 bits per heavy atom. The predicted octanol–water partition coefficient (Wildman–Crippen LogP) is 5.65. The Kier molecular flexibility index (Phi) is 6.14. The second kappa shape index (κ2) is 9.13. The molecule has 1 aromatic heterocycles. The van der Waals surface area contributed by atoms with Gasteiger partial charge in [0.1, 0.15) is 16.5 Å². The van der Waals surface area contributed by atoms with Crippen LogP contribution in [0.25, 0.3) is 0 Å². The van der Waals surface area contributed by atoms with Crippen molar-refractivity contribution in [3.8, 4) is 11.5 Å². The van der Waals surface area contributed by atoms with Gasteiger partial charge in [-0.2, -0.15) is 0 Å². The number of fused-ring (bicyclic) bond motifs is 1. The number of aryl methyl sites for hydroxylation is 1. The maximum atomic E-state index is 13.2. The van der Waals surface area contributed by atoms with Crippen molar-refractivity contribution in [1.82, 2.24) is 0 Å². The highest BCUT2D eigenvalue weighted by atomic mass is 32.1. The minimum atomic E-state index is -0.106. The number of amides is 1. The standard InChI is InChI=1S/C24H24N2O3S/c1-28-18-12-13-20(29-2)16(14-18)15-25-24-22(19-10-6-7-11-21(19)30-24)23(27)26-17-8-4-3-5-9-17/h3-5,8-9,12-15H,6-7,10-11H2,1-2H3,(H,26,27)/b25-15+. The smallest absolute Gasteiger partial charge is 0.259 e. The zero-order chi connectivity index (χ0) is 20.9. The van der Waals surface area contributed by atoms with E-state index in [1.54, 1.807) is 31.8 Å². The Labute approximate surface area is 180 Å². The number of ether oxygens (including phenoxy) is 2. The first-order valence-electron chi connectivity index (χ1n) is 9.96. The van der Waals surface area contributed by atoms with Crippen LogP contribution in [-0.4, -0.2) is 26.3 Å². The third-order valence-electron chi connectivity index (χ3n) is 5.17. The van der Waals surface area contributed by atoms with Crippen molar-refractivity contribution in [1.29, 1.82) is 0 Å². The summed E-state index contributed by atoms with van der Waals surface area (Å²) in [5.41, 5.74) is 3.42. The third kappa shape index (κ3) is 4.24. The van der Waals surface area contributed by atoms with Gasteiger partial charge in [0.2, 0.25) is 0 Å². The van der Waals surface area contributed by atoms with Gasteiger partial charge in [-0.15, -0.1) is 11.3 Å². The first kappa shape index (κ1) is 20.2. The maximum absolute atomic E-state index is 13.2. The molecule has 0 fully saturated rings. The molecular weight excluding hydrogens is 396 g/mol. The highest BCUT2D eigenvalue weighted by Gasteiger charge is 2.25. The maximum Gasteiger partial charge on any atom is 0.259 e. The summed E-state index contributed by atoms with van der Waals surface area (Å²) in [7, 11) is 3.25. The van der Waals surface area contributed by atoms with Gasteiger partial charge in [0.05, 0.1) is 19.8 Å². The summed E-state index contributed by atoms with van der Waals surface area (Å²) < 4.78 is 10.8. The molecule has 4 rings (SSSR count). The normalized spacial score (nSPS) is 13.1. The molecule has 2 aromatic carbocycles. The van der Waals surface area contributed by atoms with Crippen LogP contribution in [0.2, 0.25) is 0 Å². The van der Waals surface area contributed by atoms with Crippen LogP contribution in [-0.2, 0) is 12.8 Å². The van der Waals surface area contributed by atoms with Crippen LogP contribution < -0.4 is 14.8 Å². The number of nitrogens with one attached hydrogen (secondary N) is 1. The van der Waals surface area contributed by atoms with Crippen LogP contribution in [0.5, 0.6) is 11.5 Å². The van der Waals surface area contributed by atoms with Crippen LogP contribution in [0.3, 0.4) is 0 Å². The topological polar surface area (TPSA) is 59.9 Å². The fourth-order valence-electron chi connectivity index (χ4n) is 3.66. The molecule has 0 saturated carbocycles. The van der Waals surface area contributed by atoms with Crippen molar-refractivity contribution in [2.24, 2.45) is 4.99 Å². The molecule has 6 heteroatoms. The van der Waals surface area contributed by atoms with Crippen LogP contribution in [0.4, 0.5) is 10.7 Å². The van der Waals surface area contributed by atoms with Gasteiger partial charge in [0.15, 0.2) is 0 Å². The summed E-state index contributed by atoms with van der Waals surface area (Å²) in [4.78, 5) is 19.2. The van der Waals surface area contributed by atoms with Gasteiger partial charge >= 0.3 is 0 Å². The molecule has 0 spiro atoms. The highest BCUT2D eigenvalue weighted by Crippen LogP contribution is 2.40. The van der Waals surface area contributed by atoms with Gasteiger partial charge in [-0.05, 0) is 61.6 Å². The molecule has 0 saturated heterocycles. The van der Waals surface area contributed by atoms with Gasteiger partial charge in [-0.3, -0.25) is 4.79 Å². The van der Waals surface area contributed by atoms with Crippen LogP contribution in [0.1, 0.15) is 39.2 Å². The molecule has 0 radical (unpaired) electrons. The monoisotopic (exact) mass is 420 g/mol. The Morgan fingerprint density at radius 1 is 1.07 bits per heavy atom. The number of hydrogen-bond donors (Lipinski definition) is 1. The van der Waals surface area contributed by atoms with E-state index in [1.807, 2.05) is 48.5 Å². The lowest BCUT2D eigenvalue weighted by Gasteiger charge is -2.12. The fraction of sp³-hybridized carbons (Fsp3) is 0.250. The van der Waals surface area contributed by atoms with E-state index < -0.39 is 0 Å². The number of thiophene rings is 1. The van der Waals surface area contributed by atoms with E-state index in [4.69, 9.17) is 14.5 Å². The van der Waals surface area contributed by atoms with Gasteiger partial charge in [-0.1, -0.05) is 18.2 Å². The Bertz CT molecular complexity index is 1070. The number of para-hydroxylation sites is 1. The minimum absolute atomic E-state index is 0.106. The molecule has 1 heterocycles. The number of nitrogens with zero attached hydrogens (tertiary/aromatic N) is 1. The molecule has 1 N–H and O–H groups in total. The number of benzene rings is 2. The van der Waals surface area contributed by atoms with Crippen molar-refractivity contribution in [2.75, 3.05) is 19.5 Å². The number of methoxy groups -OCH3 is 2. The van der Waals surface area contributed by atoms with Crippen molar-refractivity contribution < 1.29 is 14.3 Å². The summed E-state index contributed by atoms with van der Waals surface area (Å²) in [6.07, 6.45) is 5.92. The quantitative estimate of drug-likeness (QED) is 0.525. The Hall–Kier alpha value is -3.12. The first-order chi connectivity index (χ1) is 14.7. The number of hydrogen-bond acceptors (Lipinski definition) is 5. The first-order valence-corrected chi connectivity index (χ1v) is 10.8. The van der Waals surface area contributed by atoms with E-state index >= 15 is 0 Å². The van der Waals surface area contributed by atoms with Gasteiger partial charge in [0.25, 0.3) is 5.91 Å². The summed E-state index contributed by atoms with van der Waals surface area (Å²) in [5, 5.41) is 3.76. The zero-order valence-corrected chi connectivity index (χ0v) is 17.9. The number of aliphatic imine (C=N–C) groups is 1. The third-order valence-corrected chi connectivity index (χ3v) is 6.37. The van der Waals surface area contributed by atoms with Crippen molar-refractivity contribution in [3.63, 3.8) is 0 Å². The molecule has 1 aliphatic rings. The van der Waals surface area contributed by atoms with Crippen molar-refractivity contribution in [2.45, 2.75) is 25.7 Å². The lowest BCUT2D eigenvalue weighted by atomic mass is 9.95. The van der Waals surface area contributed by atoms with Crippen LogP contribution in [0.15, 0.2) is 53.5 Å². The number of carbonyl (C=O) groups is 1. The van der Waals surface area contributed by atoms with Crippen LogP contribution >= 0.6 is 11.3 Å². The average Bonchev–Trinajstić information content (AvgIpc) is 3.16. The van der Waals surface area contributed by atoms with Gasteiger partial charge in [0, 0.05) is 22.3 Å². The van der Waals surface area contributed by atoms with E-state index in [0.717, 1.165) is 53.2 Å². The van der Waals surface area contributed by atoms with E-state index in [1.165, 1.54) is 4.88 Å². The lowest BCUT2D eigenvalue weighted by molar-refractivity contribution is 0.102. The number of carbonyl (C=O) groups excluding carboxylic acids is 1. The highest BCUT2D eigenvalue weighted by molar-refractivity contribution is 7.16. The van der Waals surface area contributed by atoms with Crippen molar-refractivity contribution >= 4 is 34.1 Å². The van der Waals surface area contributed by atoms with E-state index in [-0.39, 0.29) is 5.91 Å². The lowest BCUT2D eigenvalue weighted by Crippen LogP contribution is -2.14. The molecule has 0 unspecified atom stereocenters. The summed E-state index contributed by atoms with van der Waals surface area (Å²) in [5.74, 6) is 1.33. The predicted molar refractivity (Wildman–Crippen MR) is 122 cm³/mol. The molecule has 3 aromatic rings. The van der Waals surface area contributed by atoms with Crippen LogP contribution in [0, 0.1) is 0 Å². The molecule has 0 atom stereocenters. The molecule has 30 heavy (non-hydrogen) atoms. The van der Waals surface area contributed by atoms with E-state index in [2.05, 4.69) is 5.32 Å². The Balaban J connectivity index is 1.71. The fourth-order valence-corrected chi connectivity index (χ4v) is 4.89. The molecule has 1 aliphatic carbocycles. The molecule has 5 nitrogen and oxygen atoms in total. The number of anilines is 1. The summed E-state index contributed by atoms with van der Waals surface area (Å²) >= 11 is 1.61. The summed E-state index contributed by atoms with van der Waals surface area (Å²) in [6, 6.07) is 15.1. The second-order valence-electron chi connectivity index (χ2n) is 7.08. The second-order valence-corrected chi connectivity index (χ2v) is 8.16. The molecule has 1 amide bonds. The molecular formula is C24H24N2O3S. The number of rotatable bonds is 6. The minimum Gasteiger partial charge on any atom is -0.497 e. The largest absolute Gasteiger partial charge is 0.497 e. The summed E-state index contributed by atoms with van der Waals surface area (Å²) in [6.45, 7) is 0.